The Morgan fingerprint density at radius 1 is 1.63 bits per heavy atom. The van der Waals surface area contributed by atoms with Crippen molar-refractivity contribution in [1.82, 2.24) is 9.62 Å². The first kappa shape index (κ1) is 14.6. The Morgan fingerprint density at radius 2 is 2.42 bits per heavy atom. The minimum atomic E-state index is -0.372. The topological polar surface area (TPSA) is 32.3 Å². The van der Waals surface area contributed by atoms with Gasteiger partial charge in [0, 0.05) is 17.3 Å². The molecule has 1 amide bonds. The van der Waals surface area contributed by atoms with E-state index in [1.165, 1.54) is 12.1 Å². The van der Waals surface area contributed by atoms with Crippen LogP contribution in [0.25, 0.3) is 0 Å². The van der Waals surface area contributed by atoms with Crippen molar-refractivity contribution in [3.05, 3.63) is 34.6 Å². The zero-order valence-corrected chi connectivity index (χ0v) is 12.2. The summed E-state index contributed by atoms with van der Waals surface area (Å²) in [5.74, 6) is 0.683. The highest BCUT2D eigenvalue weighted by Gasteiger charge is 2.26. The average molecular weight is 303 g/mol. The fraction of sp³-hybridized carbons (Fsp3) is 0.462. The number of carbonyl (C=O) groups excluding carboxylic acids is 1. The highest BCUT2D eigenvalue weighted by molar-refractivity contribution is 7.97. The van der Waals surface area contributed by atoms with Crippen molar-refractivity contribution in [3.8, 4) is 0 Å². The highest BCUT2D eigenvalue weighted by Crippen LogP contribution is 2.23. The smallest absolute Gasteiger partial charge is 0.238 e. The van der Waals surface area contributed by atoms with Gasteiger partial charge in [0.15, 0.2) is 0 Å². The molecule has 6 heteroatoms. The molecule has 19 heavy (non-hydrogen) atoms. The Kier molecular flexibility index (Phi) is 5.07. The first-order valence-corrected chi connectivity index (χ1v) is 7.47. The molecule has 1 unspecified atom stereocenters. The molecule has 0 radical (unpaired) electrons. The van der Waals surface area contributed by atoms with Crippen LogP contribution in [0.2, 0.25) is 5.02 Å². The SMILES string of the molecule is CN1SCCCC1C(=O)NCc1ccc(F)cc1Cl. The fourth-order valence-electron chi connectivity index (χ4n) is 2.02. The number of hydrogen-bond acceptors (Lipinski definition) is 3. The lowest BCUT2D eigenvalue weighted by Gasteiger charge is -2.30. The number of nitrogens with zero attached hydrogens (tertiary/aromatic N) is 1. The number of amides is 1. The average Bonchev–Trinajstić information content (AvgIpc) is 2.38. The van der Waals surface area contributed by atoms with E-state index in [0.29, 0.717) is 11.6 Å². The summed E-state index contributed by atoms with van der Waals surface area (Å²) in [6.45, 7) is 0.326. The predicted molar refractivity (Wildman–Crippen MR) is 76.5 cm³/mol. The molecular formula is C13H16ClFN2OS. The Labute approximate surface area is 121 Å². The van der Waals surface area contributed by atoms with Crippen LogP contribution in [0.1, 0.15) is 18.4 Å². The van der Waals surface area contributed by atoms with Gasteiger partial charge in [-0.1, -0.05) is 29.6 Å². The van der Waals surface area contributed by atoms with Gasteiger partial charge in [-0.3, -0.25) is 4.79 Å². The van der Waals surface area contributed by atoms with Gasteiger partial charge in [0.1, 0.15) is 5.82 Å². The quantitative estimate of drug-likeness (QED) is 0.872. The lowest BCUT2D eigenvalue weighted by Crippen LogP contribution is -2.44. The van der Waals surface area contributed by atoms with Crippen LogP contribution in [-0.2, 0) is 11.3 Å². The Morgan fingerprint density at radius 3 is 3.11 bits per heavy atom. The van der Waals surface area contributed by atoms with E-state index < -0.39 is 0 Å². The first-order valence-electron chi connectivity index (χ1n) is 6.15. The Balaban J connectivity index is 1.92. The largest absolute Gasteiger partial charge is 0.351 e. The van der Waals surface area contributed by atoms with Crippen LogP contribution in [-0.4, -0.2) is 29.1 Å². The summed E-state index contributed by atoms with van der Waals surface area (Å²) < 4.78 is 14.9. The van der Waals surface area contributed by atoms with E-state index in [4.69, 9.17) is 11.6 Å². The second-order valence-corrected chi connectivity index (χ2v) is 6.14. The van der Waals surface area contributed by atoms with Crippen LogP contribution < -0.4 is 5.32 Å². The van der Waals surface area contributed by atoms with Crippen LogP contribution >= 0.6 is 23.5 Å². The minimum Gasteiger partial charge on any atom is -0.351 e. The maximum atomic E-state index is 12.9. The van der Waals surface area contributed by atoms with Crippen molar-refractivity contribution >= 4 is 29.5 Å². The van der Waals surface area contributed by atoms with Crippen LogP contribution in [0.15, 0.2) is 18.2 Å². The van der Waals surface area contributed by atoms with Gasteiger partial charge < -0.3 is 5.32 Å². The first-order chi connectivity index (χ1) is 9.08. The van der Waals surface area contributed by atoms with Crippen LogP contribution in [0, 0.1) is 5.82 Å². The number of carbonyl (C=O) groups is 1. The molecule has 104 valence electrons. The zero-order valence-electron chi connectivity index (χ0n) is 10.7. The molecule has 0 aromatic heterocycles. The minimum absolute atomic E-state index is 0.00454. The van der Waals surface area contributed by atoms with Crippen molar-refractivity contribution < 1.29 is 9.18 Å². The number of nitrogens with one attached hydrogen (secondary N) is 1. The third-order valence-corrected chi connectivity index (χ3v) is 4.61. The molecule has 1 N–H and O–H groups in total. The molecule has 3 nitrogen and oxygen atoms in total. The molecule has 0 spiro atoms. The van der Waals surface area contributed by atoms with Crippen molar-refractivity contribution in [2.75, 3.05) is 12.8 Å². The molecule has 1 aliphatic heterocycles. The van der Waals surface area contributed by atoms with Crippen molar-refractivity contribution in [3.63, 3.8) is 0 Å². The van der Waals surface area contributed by atoms with Gasteiger partial charge in [-0.2, -0.15) is 0 Å². The summed E-state index contributed by atoms with van der Waals surface area (Å²) in [7, 11) is 1.93. The van der Waals surface area contributed by atoms with Crippen LogP contribution in [0.5, 0.6) is 0 Å². The number of halogens is 2. The van der Waals surface area contributed by atoms with Crippen molar-refractivity contribution in [2.45, 2.75) is 25.4 Å². The summed E-state index contributed by atoms with van der Waals surface area (Å²) in [4.78, 5) is 12.1. The van der Waals surface area contributed by atoms with E-state index in [0.717, 1.165) is 24.2 Å². The molecule has 0 aliphatic carbocycles. The van der Waals surface area contributed by atoms with Gasteiger partial charge in [0.25, 0.3) is 0 Å². The van der Waals surface area contributed by atoms with Gasteiger partial charge >= 0.3 is 0 Å². The lowest BCUT2D eigenvalue weighted by atomic mass is 10.1. The standard InChI is InChI=1S/C13H16ClFN2OS/c1-17-12(3-2-6-19-17)13(18)16-8-9-4-5-10(15)7-11(9)14/h4-5,7,12H,2-3,6,8H2,1H3,(H,16,18). The molecule has 0 bridgehead atoms. The van der Waals surface area contributed by atoms with Crippen molar-refractivity contribution in [2.24, 2.45) is 0 Å². The van der Waals surface area contributed by atoms with Gasteiger partial charge in [0.2, 0.25) is 5.91 Å². The van der Waals surface area contributed by atoms with E-state index in [2.05, 4.69) is 5.32 Å². The molecule has 1 aromatic rings. The normalized spacial score (nSPS) is 20.3. The lowest BCUT2D eigenvalue weighted by molar-refractivity contribution is -0.124. The van der Waals surface area contributed by atoms with Crippen LogP contribution in [0.3, 0.4) is 0 Å². The third kappa shape index (κ3) is 3.84. The molecule has 1 saturated heterocycles. The Hall–Kier alpha value is -0.780. The molecule has 1 heterocycles. The van der Waals surface area contributed by atoms with Gasteiger partial charge in [-0.25, -0.2) is 8.70 Å². The maximum absolute atomic E-state index is 12.9. The highest BCUT2D eigenvalue weighted by atomic mass is 35.5. The van der Waals surface area contributed by atoms with E-state index in [1.54, 1.807) is 18.0 Å². The molecule has 1 atom stereocenters. The van der Waals surface area contributed by atoms with E-state index in [-0.39, 0.29) is 17.8 Å². The molecule has 1 fully saturated rings. The molecule has 2 rings (SSSR count). The van der Waals surface area contributed by atoms with Crippen molar-refractivity contribution in [1.29, 1.82) is 0 Å². The summed E-state index contributed by atoms with van der Waals surface area (Å²) in [5.41, 5.74) is 0.725. The number of likely N-dealkylation sites (N-methyl/N-ethyl adjacent to an activating group) is 1. The monoisotopic (exact) mass is 302 g/mol. The fourth-order valence-corrected chi connectivity index (χ4v) is 3.22. The van der Waals surface area contributed by atoms with Gasteiger partial charge in [0.05, 0.1) is 6.04 Å². The molecule has 1 aliphatic rings. The molecule has 1 aromatic carbocycles. The van der Waals surface area contributed by atoms with E-state index in [9.17, 15) is 9.18 Å². The van der Waals surface area contributed by atoms with Gasteiger partial charge in [-0.05, 0) is 37.6 Å². The van der Waals surface area contributed by atoms with Gasteiger partial charge in [-0.15, -0.1) is 0 Å². The summed E-state index contributed by atoms with van der Waals surface area (Å²) in [6, 6.07) is 4.09. The summed E-state index contributed by atoms with van der Waals surface area (Å²) in [5, 5.41) is 3.20. The second-order valence-electron chi connectivity index (χ2n) is 4.49. The van der Waals surface area contributed by atoms with Crippen LogP contribution in [0.4, 0.5) is 4.39 Å². The summed E-state index contributed by atoms with van der Waals surface area (Å²) >= 11 is 7.60. The Bertz CT molecular complexity index is 472. The van der Waals surface area contributed by atoms with E-state index >= 15 is 0 Å². The number of benzene rings is 1. The zero-order chi connectivity index (χ0) is 13.8. The number of rotatable bonds is 3. The maximum Gasteiger partial charge on any atom is 0.238 e. The molecule has 0 saturated carbocycles. The number of hydrogen-bond donors (Lipinski definition) is 1. The molecular weight excluding hydrogens is 287 g/mol. The predicted octanol–water partition coefficient (Wildman–Crippen LogP) is 2.84. The summed E-state index contributed by atoms with van der Waals surface area (Å²) in [6.07, 6.45) is 1.91. The van der Waals surface area contributed by atoms with E-state index in [1.807, 2.05) is 11.4 Å². The second kappa shape index (κ2) is 6.59. The third-order valence-electron chi connectivity index (χ3n) is 3.13.